The number of benzene rings is 1. The second-order valence-corrected chi connectivity index (χ2v) is 10.4. The third-order valence-electron chi connectivity index (χ3n) is 6.09. The number of aromatic hydroxyl groups is 1. The number of pyridine rings is 1. The maximum atomic E-state index is 10.5. The average molecular weight is 434 g/mol. The van der Waals surface area contributed by atoms with Gasteiger partial charge in [0, 0.05) is 34.7 Å². The van der Waals surface area contributed by atoms with Gasteiger partial charge in [0.1, 0.15) is 23.1 Å². The zero-order valence-corrected chi connectivity index (χ0v) is 20.0. The van der Waals surface area contributed by atoms with Crippen molar-refractivity contribution in [3.63, 3.8) is 0 Å². The Balaban J connectivity index is 1.76. The van der Waals surface area contributed by atoms with Crippen LogP contribution < -0.4 is 10.6 Å². The number of phenols is 1. The van der Waals surface area contributed by atoms with E-state index in [1.54, 1.807) is 6.07 Å². The minimum Gasteiger partial charge on any atom is -0.507 e. The molecule has 0 bridgehead atoms. The molecule has 1 aliphatic heterocycles. The predicted octanol–water partition coefficient (Wildman–Crippen LogP) is 6.31. The topological polar surface area (TPSA) is 70.3 Å². The highest BCUT2D eigenvalue weighted by Gasteiger charge is 2.37. The van der Waals surface area contributed by atoms with Gasteiger partial charge < -0.3 is 20.2 Å². The molecule has 0 unspecified atom stereocenters. The van der Waals surface area contributed by atoms with Gasteiger partial charge in [-0.1, -0.05) is 18.6 Å². The molecular formula is C27H35N3O2. The van der Waals surface area contributed by atoms with E-state index < -0.39 is 0 Å². The number of hydrogen-bond donors (Lipinski definition) is 3. The predicted molar refractivity (Wildman–Crippen MR) is 131 cm³/mol. The van der Waals surface area contributed by atoms with Crippen LogP contribution in [0.1, 0.15) is 58.8 Å². The second-order valence-electron chi connectivity index (χ2n) is 10.4. The third-order valence-corrected chi connectivity index (χ3v) is 6.09. The van der Waals surface area contributed by atoms with Crippen molar-refractivity contribution in [3.8, 4) is 28.3 Å². The zero-order valence-electron chi connectivity index (χ0n) is 20.0. The summed E-state index contributed by atoms with van der Waals surface area (Å²) in [6, 6.07) is 14.0. The summed E-state index contributed by atoms with van der Waals surface area (Å²) in [6.45, 7) is 13.1. The molecule has 5 nitrogen and oxygen atoms in total. The summed E-state index contributed by atoms with van der Waals surface area (Å²) in [6.07, 6.45) is 2.84. The van der Waals surface area contributed by atoms with Crippen molar-refractivity contribution >= 4 is 5.82 Å². The van der Waals surface area contributed by atoms with Crippen LogP contribution in [-0.4, -0.2) is 27.2 Å². The number of aromatic nitrogens is 1. The molecule has 1 fully saturated rings. The smallest absolute Gasteiger partial charge is 0.134 e. The van der Waals surface area contributed by atoms with Gasteiger partial charge >= 0.3 is 0 Å². The summed E-state index contributed by atoms with van der Waals surface area (Å²) in [5.41, 5.74) is 3.55. The molecule has 3 aromatic rings. The summed E-state index contributed by atoms with van der Waals surface area (Å²) in [7, 11) is 0. The number of aryl methyl sites for hydroxylation is 2. The minimum atomic E-state index is 0.0334. The lowest BCUT2D eigenvalue weighted by atomic mass is 9.79. The van der Waals surface area contributed by atoms with E-state index in [4.69, 9.17) is 9.40 Å². The van der Waals surface area contributed by atoms with E-state index >= 15 is 0 Å². The molecule has 0 aliphatic carbocycles. The highest BCUT2D eigenvalue weighted by Crippen LogP contribution is 2.35. The van der Waals surface area contributed by atoms with Crippen molar-refractivity contribution in [2.45, 2.75) is 77.9 Å². The van der Waals surface area contributed by atoms with Crippen molar-refractivity contribution < 1.29 is 9.52 Å². The third kappa shape index (κ3) is 4.99. The molecule has 0 radical (unpaired) electrons. The first kappa shape index (κ1) is 22.4. The van der Waals surface area contributed by atoms with Crippen LogP contribution in [-0.2, 0) is 6.42 Å². The summed E-state index contributed by atoms with van der Waals surface area (Å²) < 4.78 is 6.05. The van der Waals surface area contributed by atoms with Crippen LogP contribution in [0.3, 0.4) is 0 Å². The van der Waals surface area contributed by atoms with Crippen LogP contribution >= 0.6 is 0 Å². The van der Waals surface area contributed by atoms with Gasteiger partial charge in [0.25, 0.3) is 0 Å². The van der Waals surface area contributed by atoms with Crippen LogP contribution in [0.15, 0.2) is 46.9 Å². The van der Waals surface area contributed by atoms with Crippen LogP contribution in [0.4, 0.5) is 5.82 Å². The molecule has 4 rings (SSSR count). The van der Waals surface area contributed by atoms with E-state index in [0.29, 0.717) is 0 Å². The first-order chi connectivity index (χ1) is 15.0. The van der Waals surface area contributed by atoms with Crippen LogP contribution in [0, 0.1) is 6.92 Å². The first-order valence-corrected chi connectivity index (χ1v) is 11.5. The Labute approximate surface area is 191 Å². The average Bonchev–Trinajstić information content (AvgIpc) is 3.16. The van der Waals surface area contributed by atoms with Crippen molar-refractivity contribution in [2.24, 2.45) is 0 Å². The van der Waals surface area contributed by atoms with Crippen molar-refractivity contribution in [1.29, 1.82) is 0 Å². The van der Waals surface area contributed by atoms with Crippen LogP contribution in [0.5, 0.6) is 5.75 Å². The lowest BCUT2D eigenvalue weighted by molar-refractivity contribution is 0.170. The van der Waals surface area contributed by atoms with E-state index in [1.165, 1.54) is 0 Å². The Hall–Kier alpha value is -2.79. The molecular weight excluding hydrogens is 398 g/mol. The Morgan fingerprint density at radius 2 is 1.78 bits per heavy atom. The first-order valence-electron chi connectivity index (χ1n) is 11.5. The lowest BCUT2D eigenvalue weighted by Gasteiger charge is -2.46. The Bertz CT molecular complexity index is 1100. The molecule has 0 atom stereocenters. The molecule has 0 amide bonds. The fourth-order valence-electron chi connectivity index (χ4n) is 5.10. The Kier molecular flexibility index (Phi) is 5.80. The Morgan fingerprint density at radius 1 is 1.06 bits per heavy atom. The van der Waals surface area contributed by atoms with Gasteiger partial charge in [-0.3, -0.25) is 0 Å². The second kappa shape index (κ2) is 8.28. The van der Waals surface area contributed by atoms with Gasteiger partial charge in [-0.05, 0) is 83.9 Å². The summed E-state index contributed by atoms with van der Waals surface area (Å²) in [4.78, 5) is 4.91. The van der Waals surface area contributed by atoms with Gasteiger partial charge in [-0.25, -0.2) is 4.98 Å². The molecule has 0 spiro atoms. The highest BCUT2D eigenvalue weighted by molar-refractivity contribution is 5.75. The molecule has 5 heteroatoms. The summed E-state index contributed by atoms with van der Waals surface area (Å²) in [5.74, 6) is 2.79. The largest absolute Gasteiger partial charge is 0.507 e. The van der Waals surface area contributed by atoms with Crippen molar-refractivity contribution in [2.75, 3.05) is 5.32 Å². The van der Waals surface area contributed by atoms with Gasteiger partial charge in [-0.2, -0.15) is 0 Å². The van der Waals surface area contributed by atoms with E-state index in [1.807, 2.05) is 37.3 Å². The Morgan fingerprint density at radius 3 is 2.44 bits per heavy atom. The molecule has 1 saturated heterocycles. The number of hydrogen-bond acceptors (Lipinski definition) is 5. The van der Waals surface area contributed by atoms with E-state index in [-0.39, 0.29) is 22.9 Å². The standard InChI is InChI=1S/C27H35N3O2/c1-7-20-9-11-24(32-20)18-13-22(21-12-17(2)8-10-23(21)31)29-25(14-18)28-19-15-26(3,4)30-27(5,6)16-19/h8-14,19,30-31H,7,15-16H2,1-6H3,(H,28,29). The number of furan rings is 1. The SMILES string of the molecule is CCc1ccc(-c2cc(NC3CC(C)(C)NC(C)(C)C3)nc(-c3cc(C)ccc3O)c2)o1. The number of piperidine rings is 1. The van der Waals surface area contributed by atoms with Gasteiger partial charge in [0.05, 0.1) is 5.69 Å². The van der Waals surface area contributed by atoms with Crippen molar-refractivity contribution in [3.05, 3.63) is 53.8 Å². The van der Waals surface area contributed by atoms with E-state index in [0.717, 1.165) is 59.0 Å². The van der Waals surface area contributed by atoms with Gasteiger partial charge in [0.2, 0.25) is 0 Å². The normalized spacial score (nSPS) is 17.9. The number of anilines is 1. The molecule has 3 N–H and O–H groups in total. The minimum absolute atomic E-state index is 0.0334. The molecule has 1 aromatic carbocycles. The fourth-order valence-corrected chi connectivity index (χ4v) is 5.10. The fraction of sp³-hybridized carbons (Fsp3) is 0.444. The zero-order chi connectivity index (χ0) is 23.1. The maximum Gasteiger partial charge on any atom is 0.134 e. The lowest BCUT2D eigenvalue weighted by Crippen LogP contribution is -2.60. The molecule has 0 saturated carbocycles. The quantitative estimate of drug-likeness (QED) is 0.440. The van der Waals surface area contributed by atoms with Gasteiger partial charge in [0.15, 0.2) is 0 Å². The number of nitrogens with one attached hydrogen (secondary N) is 2. The highest BCUT2D eigenvalue weighted by atomic mass is 16.3. The monoisotopic (exact) mass is 433 g/mol. The molecule has 3 heterocycles. The summed E-state index contributed by atoms with van der Waals surface area (Å²) >= 11 is 0. The van der Waals surface area contributed by atoms with Gasteiger partial charge in [-0.15, -0.1) is 0 Å². The molecule has 1 aliphatic rings. The maximum absolute atomic E-state index is 10.5. The number of phenolic OH excluding ortho intramolecular Hbond substituents is 1. The van der Waals surface area contributed by atoms with E-state index in [2.05, 4.69) is 51.3 Å². The van der Waals surface area contributed by atoms with Crippen molar-refractivity contribution in [1.82, 2.24) is 10.3 Å². The number of nitrogens with zero attached hydrogens (tertiary/aromatic N) is 1. The molecule has 32 heavy (non-hydrogen) atoms. The number of rotatable bonds is 5. The molecule has 2 aromatic heterocycles. The molecule has 170 valence electrons. The van der Waals surface area contributed by atoms with Crippen LogP contribution in [0.25, 0.3) is 22.6 Å². The summed E-state index contributed by atoms with van der Waals surface area (Å²) in [5, 5.41) is 18.0. The van der Waals surface area contributed by atoms with E-state index in [9.17, 15) is 5.11 Å². The van der Waals surface area contributed by atoms with Crippen LogP contribution in [0.2, 0.25) is 0 Å².